The topological polar surface area (TPSA) is 232 Å². The van der Waals surface area contributed by atoms with Crippen molar-refractivity contribution in [3.8, 4) is 0 Å². The van der Waals surface area contributed by atoms with Gasteiger partial charge in [0.2, 0.25) is 0 Å². The normalized spacial score (nSPS) is 22.6. The van der Waals surface area contributed by atoms with Crippen LogP contribution in [-0.2, 0) is 33.2 Å². The zero-order valence-corrected chi connectivity index (χ0v) is 28.1. The van der Waals surface area contributed by atoms with Gasteiger partial charge in [0.25, 0.3) is 0 Å². The highest BCUT2D eigenvalue weighted by atomic mass is 16.6. The Balaban J connectivity index is 2.66. The zero-order chi connectivity index (χ0) is 34.5. The molecular formula is C31H63NO14. The Morgan fingerprint density at radius 2 is 1.15 bits per heavy atom. The van der Waals surface area contributed by atoms with Crippen LogP contribution in [0.5, 0.6) is 0 Å². The highest BCUT2D eigenvalue weighted by Crippen LogP contribution is 2.23. The largest absolute Gasteiger partial charge is 0.396 e. The third kappa shape index (κ3) is 16.2. The van der Waals surface area contributed by atoms with E-state index in [1.165, 1.54) is 0 Å². The van der Waals surface area contributed by atoms with E-state index in [0.29, 0.717) is 33.0 Å². The van der Waals surface area contributed by atoms with E-state index in [4.69, 9.17) is 38.9 Å². The quantitative estimate of drug-likeness (QED) is 0.0535. The van der Waals surface area contributed by atoms with E-state index in [1.54, 1.807) is 20.8 Å². The Morgan fingerprint density at radius 3 is 1.63 bits per heavy atom. The molecule has 1 fully saturated rings. The Morgan fingerprint density at radius 1 is 0.674 bits per heavy atom. The average Bonchev–Trinajstić information content (AvgIpc) is 3.11. The molecule has 1 rings (SSSR count). The Labute approximate surface area is 273 Å². The SMILES string of the molecule is CC(CO)(CO)COCC(COCC(CN)COCC1COCC(C)(CO)COC(CO)(CO)COC1)COCC(C)(CO)CO. The first-order valence-corrected chi connectivity index (χ1v) is 16.0. The molecule has 3 atom stereocenters. The van der Waals surface area contributed by atoms with Crippen molar-refractivity contribution in [1.29, 1.82) is 0 Å². The molecular weight excluding hydrogens is 610 g/mol. The summed E-state index contributed by atoms with van der Waals surface area (Å²) in [7, 11) is 0. The zero-order valence-electron chi connectivity index (χ0n) is 28.1. The van der Waals surface area contributed by atoms with Crippen LogP contribution in [0.15, 0.2) is 0 Å². The molecule has 1 aliphatic heterocycles. The summed E-state index contributed by atoms with van der Waals surface area (Å²) in [5, 5.41) is 67.8. The van der Waals surface area contributed by atoms with Crippen molar-refractivity contribution < 1.29 is 68.9 Å². The van der Waals surface area contributed by atoms with Gasteiger partial charge >= 0.3 is 0 Å². The summed E-state index contributed by atoms with van der Waals surface area (Å²) in [5.41, 5.74) is 2.41. The molecule has 1 aliphatic rings. The van der Waals surface area contributed by atoms with E-state index in [1.807, 2.05) is 0 Å². The van der Waals surface area contributed by atoms with Crippen LogP contribution in [0.2, 0.25) is 0 Å². The van der Waals surface area contributed by atoms with Crippen LogP contribution in [-0.4, -0.2) is 180 Å². The maximum Gasteiger partial charge on any atom is 0.137 e. The van der Waals surface area contributed by atoms with Gasteiger partial charge in [0.1, 0.15) is 5.60 Å². The van der Waals surface area contributed by atoms with E-state index in [0.717, 1.165) is 0 Å². The van der Waals surface area contributed by atoms with Crippen molar-refractivity contribution in [1.82, 2.24) is 0 Å². The maximum absolute atomic E-state index is 9.89. The molecule has 0 bridgehead atoms. The number of aliphatic hydroxyl groups excluding tert-OH is 7. The van der Waals surface area contributed by atoms with Gasteiger partial charge in [0, 0.05) is 34.0 Å². The van der Waals surface area contributed by atoms with Crippen LogP contribution in [0.3, 0.4) is 0 Å². The van der Waals surface area contributed by atoms with Crippen molar-refractivity contribution in [3.05, 3.63) is 0 Å². The van der Waals surface area contributed by atoms with Gasteiger partial charge < -0.3 is 74.6 Å². The predicted octanol–water partition coefficient (Wildman–Crippen LogP) is -2.37. The molecule has 0 saturated carbocycles. The second-order valence-electron chi connectivity index (χ2n) is 14.0. The summed E-state index contributed by atoms with van der Waals surface area (Å²) < 4.78 is 41.0. The molecule has 0 spiro atoms. The highest BCUT2D eigenvalue weighted by Gasteiger charge is 2.36. The van der Waals surface area contributed by atoms with E-state index >= 15 is 0 Å². The summed E-state index contributed by atoms with van der Waals surface area (Å²) in [5.74, 6) is -0.489. The molecule has 15 heteroatoms. The van der Waals surface area contributed by atoms with Gasteiger partial charge in [-0.1, -0.05) is 20.8 Å². The van der Waals surface area contributed by atoms with Crippen LogP contribution in [0.25, 0.3) is 0 Å². The van der Waals surface area contributed by atoms with Crippen LogP contribution in [0.1, 0.15) is 20.8 Å². The number of rotatable bonds is 24. The molecule has 0 radical (unpaired) electrons. The molecule has 0 aromatic heterocycles. The van der Waals surface area contributed by atoms with E-state index in [9.17, 15) is 35.7 Å². The summed E-state index contributed by atoms with van der Waals surface area (Å²) in [4.78, 5) is 0. The second-order valence-corrected chi connectivity index (χ2v) is 14.0. The number of aliphatic hydroxyl groups is 7. The molecule has 3 unspecified atom stereocenters. The molecule has 0 aromatic rings. The maximum atomic E-state index is 9.89. The number of ether oxygens (including phenoxy) is 7. The second kappa shape index (κ2) is 22.9. The van der Waals surface area contributed by atoms with Crippen LogP contribution < -0.4 is 5.73 Å². The molecule has 1 saturated heterocycles. The average molecular weight is 674 g/mol. The van der Waals surface area contributed by atoms with E-state index in [2.05, 4.69) is 0 Å². The smallest absolute Gasteiger partial charge is 0.137 e. The van der Waals surface area contributed by atoms with Crippen molar-refractivity contribution >= 4 is 0 Å². The highest BCUT2D eigenvalue weighted by molar-refractivity contribution is 4.83. The number of hydrogen-bond donors (Lipinski definition) is 8. The van der Waals surface area contributed by atoms with Gasteiger partial charge in [0.05, 0.1) is 132 Å². The summed E-state index contributed by atoms with van der Waals surface area (Å²) >= 11 is 0. The molecule has 1 heterocycles. The predicted molar refractivity (Wildman–Crippen MR) is 167 cm³/mol. The monoisotopic (exact) mass is 673 g/mol. The minimum Gasteiger partial charge on any atom is -0.396 e. The fourth-order valence-electron chi connectivity index (χ4n) is 4.12. The lowest BCUT2D eigenvalue weighted by atomic mass is 9.93. The van der Waals surface area contributed by atoms with Gasteiger partial charge in [-0.3, -0.25) is 0 Å². The van der Waals surface area contributed by atoms with Crippen LogP contribution in [0.4, 0.5) is 0 Å². The summed E-state index contributed by atoms with van der Waals surface area (Å²) in [6.07, 6.45) is 0. The molecule has 276 valence electrons. The van der Waals surface area contributed by atoms with Crippen molar-refractivity contribution in [3.63, 3.8) is 0 Å². The lowest BCUT2D eigenvalue weighted by Gasteiger charge is -2.34. The fourth-order valence-corrected chi connectivity index (χ4v) is 4.12. The lowest BCUT2D eigenvalue weighted by molar-refractivity contribution is -0.169. The van der Waals surface area contributed by atoms with E-state index in [-0.39, 0.29) is 110 Å². The van der Waals surface area contributed by atoms with Gasteiger partial charge in [-0.15, -0.1) is 0 Å². The van der Waals surface area contributed by atoms with E-state index < -0.39 is 35.1 Å². The lowest BCUT2D eigenvalue weighted by Crippen LogP contribution is -2.48. The van der Waals surface area contributed by atoms with Crippen molar-refractivity contribution in [2.45, 2.75) is 26.4 Å². The molecule has 0 amide bonds. The molecule has 46 heavy (non-hydrogen) atoms. The Kier molecular flexibility index (Phi) is 21.6. The number of hydrogen-bond acceptors (Lipinski definition) is 15. The molecule has 15 nitrogen and oxygen atoms in total. The summed E-state index contributed by atoms with van der Waals surface area (Å²) in [6, 6.07) is 0. The van der Waals surface area contributed by atoms with Crippen LogP contribution in [0, 0.1) is 34.0 Å². The van der Waals surface area contributed by atoms with Crippen molar-refractivity contribution in [2.75, 3.05) is 139 Å². The first-order chi connectivity index (χ1) is 21.9. The minimum absolute atomic E-state index is 0.0374. The van der Waals surface area contributed by atoms with Gasteiger partial charge in [-0.05, 0) is 6.54 Å². The van der Waals surface area contributed by atoms with Gasteiger partial charge in [-0.2, -0.15) is 0 Å². The Bertz CT molecular complexity index is 729. The first kappa shape index (κ1) is 43.4. The summed E-state index contributed by atoms with van der Waals surface area (Å²) in [6.45, 7) is 6.28. The van der Waals surface area contributed by atoms with Gasteiger partial charge in [-0.25, -0.2) is 0 Å². The number of nitrogens with two attached hydrogens (primary N) is 1. The Hall–Kier alpha value is -0.600. The molecule has 0 aromatic carbocycles. The van der Waals surface area contributed by atoms with Gasteiger partial charge in [0.15, 0.2) is 0 Å². The fraction of sp³-hybridized carbons (Fsp3) is 1.00. The first-order valence-electron chi connectivity index (χ1n) is 16.0. The third-order valence-corrected chi connectivity index (χ3v) is 8.09. The molecule has 0 aliphatic carbocycles. The standard InChI is InChI=1S/C31H63NO14/c1-28(13-33,14-34)20-42-9-26(10-43-21-29(2,15-35)16-36)7-40-5-25(4-32)6-41-8-27-11-44-22-30(3,17-37)23-46-31(18-38,19-39)24-45-12-27/h25-27,33-39H,4-24,32H2,1-3H3. The third-order valence-electron chi connectivity index (χ3n) is 8.09. The van der Waals surface area contributed by atoms with Crippen molar-refractivity contribution in [2.24, 2.45) is 39.7 Å². The minimum atomic E-state index is -1.29. The molecule has 9 N–H and O–H groups in total. The van der Waals surface area contributed by atoms with Crippen LogP contribution >= 0.6 is 0 Å².